The van der Waals surface area contributed by atoms with E-state index in [1.54, 1.807) is 18.2 Å². The van der Waals surface area contributed by atoms with Crippen LogP contribution in [0.15, 0.2) is 71.6 Å². The Hall–Kier alpha value is -2.90. The molecule has 0 unspecified atom stereocenters. The van der Waals surface area contributed by atoms with Crippen LogP contribution in [0.2, 0.25) is 5.02 Å². The lowest BCUT2D eigenvalue weighted by Crippen LogP contribution is -2.13. The van der Waals surface area contributed by atoms with Gasteiger partial charge in [0.1, 0.15) is 11.6 Å². The second kappa shape index (κ2) is 8.08. The normalized spacial score (nSPS) is 11.7. The van der Waals surface area contributed by atoms with Crippen LogP contribution < -0.4 is 4.72 Å². The topological polar surface area (TPSA) is 64.0 Å². The number of imidazole rings is 1. The number of para-hydroxylation sites is 2. The fourth-order valence-electron chi connectivity index (χ4n) is 3.32. The highest BCUT2D eigenvalue weighted by molar-refractivity contribution is 7.92. The molecule has 30 heavy (non-hydrogen) atoms. The Morgan fingerprint density at radius 3 is 2.60 bits per heavy atom. The Labute approximate surface area is 179 Å². The lowest BCUT2D eigenvalue weighted by Gasteiger charge is -2.10. The fraction of sp³-hybridized carbons (Fsp3) is 0.136. The number of hydrogen-bond donors (Lipinski definition) is 1. The maximum atomic E-state index is 13.3. The molecular weight excluding hydrogens is 425 g/mol. The zero-order valence-electron chi connectivity index (χ0n) is 16.1. The molecule has 0 saturated heterocycles. The monoisotopic (exact) mass is 443 g/mol. The second-order valence-electron chi connectivity index (χ2n) is 6.96. The van der Waals surface area contributed by atoms with Gasteiger partial charge in [-0.1, -0.05) is 35.9 Å². The quantitative estimate of drug-likeness (QED) is 0.458. The maximum Gasteiger partial charge on any atom is 0.261 e. The second-order valence-corrected chi connectivity index (χ2v) is 9.05. The molecule has 1 heterocycles. The summed E-state index contributed by atoms with van der Waals surface area (Å²) in [5, 5.41) is -0.242. The number of fused-ring (bicyclic) bond motifs is 1. The third kappa shape index (κ3) is 4.17. The Morgan fingerprint density at radius 2 is 1.83 bits per heavy atom. The van der Waals surface area contributed by atoms with Crippen molar-refractivity contribution in [3.8, 4) is 0 Å². The summed E-state index contributed by atoms with van der Waals surface area (Å²) in [5.41, 5.74) is 3.43. The van der Waals surface area contributed by atoms with Crippen LogP contribution in [-0.4, -0.2) is 18.0 Å². The van der Waals surface area contributed by atoms with Crippen LogP contribution in [0.25, 0.3) is 11.0 Å². The van der Waals surface area contributed by atoms with Gasteiger partial charge in [0, 0.05) is 19.2 Å². The van der Waals surface area contributed by atoms with Crippen molar-refractivity contribution in [3.63, 3.8) is 0 Å². The van der Waals surface area contributed by atoms with Crippen molar-refractivity contribution in [1.29, 1.82) is 0 Å². The third-order valence-corrected chi connectivity index (χ3v) is 6.57. The van der Waals surface area contributed by atoms with E-state index in [0.717, 1.165) is 41.0 Å². The Kier molecular flexibility index (Phi) is 5.49. The van der Waals surface area contributed by atoms with Gasteiger partial charge in [-0.15, -0.1) is 0 Å². The van der Waals surface area contributed by atoms with Crippen LogP contribution in [-0.2, 0) is 29.9 Å². The molecule has 0 atom stereocenters. The molecule has 0 aliphatic carbocycles. The Balaban J connectivity index is 1.51. The van der Waals surface area contributed by atoms with E-state index in [1.807, 2.05) is 37.4 Å². The number of nitrogens with one attached hydrogen (secondary N) is 1. The molecule has 0 aliphatic heterocycles. The van der Waals surface area contributed by atoms with E-state index in [0.29, 0.717) is 12.1 Å². The maximum absolute atomic E-state index is 13.3. The number of rotatable bonds is 6. The zero-order chi connectivity index (χ0) is 21.3. The van der Waals surface area contributed by atoms with E-state index in [2.05, 4.69) is 14.3 Å². The van der Waals surface area contributed by atoms with Gasteiger partial charge in [-0.2, -0.15) is 0 Å². The van der Waals surface area contributed by atoms with Gasteiger partial charge in [-0.3, -0.25) is 4.72 Å². The average molecular weight is 444 g/mol. The lowest BCUT2D eigenvalue weighted by molar-refractivity contribution is 0.599. The van der Waals surface area contributed by atoms with E-state index in [-0.39, 0.29) is 9.92 Å². The highest BCUT2D eigenvalue weighted by atomic mass is 35.5. The van der Waals surface area contributed by atoms with Gasteiger partial charge < -0.3 is 4.57 Å². The van der Waals surface area contributed by atoms with Gasteiger partial charge in [0.25, 0.3) is 10.0 Å². The van der Waals surface area contributed by atoms with Crippen molar-refractivity contribution >= 4 is 38.3 Å². The highest BCUT2D eigenvalue weighted by Gasteiger charge is 2.16. The summed E-state index contributed by atoms with van der Waals surface area (Å²) in [7, 11) is -1.89. The van der Waals surface area contributed by atoms with Gasteiger partial charge in [0.05, 0.1) is 21.0 Å². The van der Waals surface area contributed by atoms with Crippen molar-refractivity contribution in [2.45, 2.75) is 17.7 Å². The largest absolute Gasteiger partial charge is 0.331 e. The minimum Gasteiger partial charge on any atom is -0.331 e. The van der Waals surface area contributed by atoms with Gasteiger partial charge in [0.15, 0.2) is 0 Å². The van der Waals surface area contributed by atoms with Gasteiger partial charge >= 0.3 is 0 Å². The molecule has 1 aromatic heterocycles. The summed E-state index contributed by atoms with van der Waals surface area (Å²) in [5.74, 6) is 0.294. The van der Waals surface area contributed by atoms with E-state index >= 15 is 0 Å². The summed E-state index contributed by atoms with van der Waals surface area (Å²) < 4.78 is 43.1. The van der Waals surface area contributed by atoms with Crippen LogP contribution in [0.1, 0.15) is 11.4 Å². The van der Waals surface area contributed by atoms with Crippen molar-refractivity contribution < 1.29 is 12.8 Å². The molecule has 8 heteroatoms. The van der Waals surface area contributed by atoms with Gasteiger partial charge in [-0.25, -0.2) is 17.8 Å². The molecule has 5 nitrogen and oxygen atoms in total. The zero-order valence-corrected chi connectivity index (χ0v) is 17.7. The number of halogens is 2. The number of aromatic nitrogens is 2. The summed E-state index contributed by atoms with van der Waals surface area (Å²) in [4.78, 5) is 4.57. The van der Waals surface area contributed by atoms with E-state index < -0.39 is 15.8 Å². The predicted octanol–water partition coefficient (Wildman–Crippen LogP) is 4.95. The molecule has 0 fully saturated rings. The van der Waals surface area contributed by atoms with Crippen molar-refractivity contribution in [2.24, 2.45) is 7.05 Å². The van der Waals surface area contributed by atoms with E-state index in [4.69, 9.17) is 11.6 Å². The minimum atomic E-state index is -3.88. The molecule has 0 saturated carbocycles. The molecule has 3 aromatic carbocycles. The molecular formula is C22H19ClFN3O2S. The number of nitrogens with zero attached hydrogens (tertiary/aromatic N) is 2. The summed E-state index contributed by atoms with van der Waals surface area (Å²) in [6, 6.07) is 18.4. The molecule has 0 spiro atoms. The van der Waals surface area contributed by atoms with E-state index in [1.165, 1.54) is 6.07 Å². The third-order valence-electron chi connectivity index (χ3n) is 4.90. The minimum absolute atomic E-state index is 0.0981. The average Bonchev–Trinajstić information content (AvgIpc) is 3.04. The summed E-state index contributed by atoms with van der Waals surface area (Å²) >= 11 is 5.71. The number of benzene rings is 3. The SMILES string of the molecule is Cn1c(CCc2cccc(NS(=O)(=O)c3ccc(F)c(Cl)c3)c2)nc2ccccc21. The Morgan fingerprint density at radius 1 is 1.03 bits per heavy atom. The van der Waals surface area contributed by atoms with Crippen LogP contribution in [0.4, 0.5) is 10.1 Å². The number of sulfonamides is 1. The number of anilines is 1. The van der Waals surface area contributed by atoms with Crippen molar-refractivity contribution in [2.75, 3.05) is 4.72 Å². The molecule has 1 N–H and O–H groups in total. The molecule has 4 rings (SSSR count). The van der Waals surface area contributed by atoms with Crippen LogP contribution in [0, 0.1) is 5.82 Å². The van der Waals surface area contributed by atoms with Crippen molar-refractivity contribution in [1.82, 2.24) is 9.55 Å². The smallest absolute Gasteiger partial charge is 0.261 e. The van der Waals surface area contributed by atoms with Gasteiger partial charge in [-0.05, 0) is 54.4 Å². The first-order valence-electron chi connectivity index (χ1n) is 9.31. The molecule has 0 bridgehead atoms. The summed E-state index contributed by atoms with van der Waals surface area (Å²) in [6.07, 6.45) is 1.42. The molecule has 154 valence electrons. The van der Waals surface area contributed by atoms with Crippen LogP contribution >= 0.6 is 11.6 Å². The highest BCUT2D eigenvalue weighted by Crippen LogP contribution is 2.23. The van der Waals surface area contributed by atoms with Crippen LogP contribution in [0.5, 0.6) is 0 Å². The molecule has 4 aromatic rings. The fourth-order valence-corrected chi connectivity index (χ4v) is 4.64. The number of hydrogen-bond acceptors (Lipinski definition) is 3. The summed E-state index contributed by atoms with van der Waals surface area (Å²) in [6.45, 7) is 0. The van der Waals surface area contributed by atoms with E-state index in [9.17, 15) is 12.8 Å². The van der Waals surface area contributed by atoms with Crippen molar-refractivity contribution in [3.05, 3.63) is 89.0 Å². The standard InChI is InChI=1S/C22H19ClFN3O2S/c1-27-21-8-3-2-7-20(21)25-22(27)12-9-15-5-4-6-16(13-15)26-30(28,29)17-10-11-19(24)18(23)14-17/h2-8,10-11,13-14,26H,9,12H2,1H3. The molecule has 0 aliphatic rings. The lowest BCUT2D eigenvalue weighted by atomic mass is 10.1. The molecule has 0 amide bonds. The molecule has 0 radical (unpaired) electrons. The Bertz CT molecular complexity index is 1340. The van der Waals surface area contributed by atoms with Crippen LogP contribution in [0.3, 0.4) is 0 Å². The number of aryl methyl sites for hydroxylation is 3. The van der Waals surface area contributed by atoms with Gasteiger partial charge in [0.2, 0.25) is 0 Å². The first-order valence-corrected chi connectivity index (χ1v) is 11.2. The first-order chi connectivity index (χ1) is 14.3. The predicted molar refractivity (Wildman–Crippen MR) is 117 cm³/mol. The first kappa shape index (κ1) is 20.4.